The SMILES string of the molecule is Cc1nc2c3ccccc3nn2c(C)c1CCC(=O)NCC(N)C1CC1.Cl. The summed E-state index contributed by atoms with van der Waals surface area (Å²) in [4.78, 5) is 16.9. The largest absolute Gasteiger partial charge is 0.355 e. The van der Waals surface area contributed by atoms with Crippen molar-refractivity contribution in [2.45, 2.75) is 45.6 Å². The van der Waals surface area contributed by atoms with E-state index in [-0.39, 0.29) is 24.4 Å². The molecule has 144 valence electrons. The number of nitrogens with zero attached hydrogens (tertiary/aromatic N) is 3. The van der Waals surface area contributed by atoms with Crippen LogP contribution in [0.1, 0.15) is 36.2 Å². The zero-order valence-electron chi connectivity index (χ0n) is 15.7. The van der Waals surface area contributed by atoms with E-state index in [2.05, 4.69) is 10.4 Å². The Balaban J connectivity index is 0.00000210. The second kappa shape index (κ2) is 7.82. The molecule has 0 spiro atoms. The van der Waals surface area contributed by atoms with Gasteiger partial charge in [0.15, 0.2) is 5.65 Å². The van der Waals surface area contributed by atoms with E-state index in [0.717, 1.165) is 33.5 Å². The van der Waals surface area contributed by atoms with Gasteiger partial charge in [0.25, 0.3) is 0 Å². The second-order valence-corrected chi connectivity index (χ2v) is 7.32. The average molecular weight is 388 g/mol. The number of rotatable bonds is 6. The number of nitrogens with one attached hydrogen (secondary N) is 1. The van der Waals surface area contributed by atoms with Gasteiger partial charge in [0.2, 0.25) is 5.91 Å². The highest BCUT2D eigenvalue weighted by molar-refractivity contribution is 5.92. The van der Waals surface area contributed by atoms with E-state index in [1.165, 1.54) is 12.8 Å². The fraction of sp³-hybridized carbons (Fsp3) is 0.450. The van der Waals surface area contributed by atoms with E-state index >= 15 is 0 Å². The number of fused-ring (bicyclic) bond motifs is 3. The molecule has 7 heteroatoms. The lowest BCUT2D eigenvalue weighted by atomic mass is 10.1. The lowest BCUT2D eigenvalue weighted by Gasteiger charge is -2.13. The second-order valence-electron chi connectivity index (χ2n) is 7.32. The number of aryl methyl sites for hydroxylation is 2. The van der Waals surface area contributed by atoms with Gasteiger partial charge in [-0.05, 0) is 56.7 Å². The highest BCUT2D eigenvalue weighted by atomic mass is 35.5. The lowest BCUT2D eigenvalue weighted by Crippen LogP contribution is -2.38. The van der Waals surface area contributed by atoms with E-state index in [1.54, 1.807) is 0 Å². The van der Waals surface area contributed by atoms with Gasteiger partial charge in [-0.3, -0.25) is 4.79 Å². The van der Waals surface area contributed by atoms with Gasteiger partial charge in [0, 0.05) is 35.8 Å². The van der Waals surface area contributed by atoms with Crippen molar-refractivity contribution >= 4 is 34.9 Å². The third-order valence-electron chi connectivity index (χ3n) is 5.38. The fourth-order valence-corrected chi connectivity index (χ4v) is 3.59. The molecule has 0 aliphatic heterocycles. The van der Waals surface area contributed by atoms with E-state index < -0.39 is 0 Å². The maximum atomic E-state index is 12.2. The number of hydrogen-bond acceptors (Lipinski definition) is 4. The maximum Gasteiger partial charge on any atom is 0.220 e. The van der Waals surface area contributed by atoms with E-state index in [4.69, 9.17) is 10.7 Å². The number of halogens is 1. The summed E-state index contributed by atoms with van der Waals surface area (Å²) >= 11 is 0. The van der Waals surface area contributed by atoms with Crippen molar-refractivity contribution in [3.05, 3.63) is 41.2 Å². The molecule has 1 aliphatic carbocycles. The van der Waals surface area contributed by atoms with Gasteiger partial charge in [-0.15, -0.1) is 12.4 Å². The first-order chi connectivity index (χ1) is 12.5. The number of amides is 1. The summed E-state index contributed by atoms with van der Waals surface area (Å²) in [5.41, 5.74) is 11.0. The Morgan fingerprint density at radius 1 is 1.33 bits per heavy atom. The molecule has 1 unspecified atom stereocenters. The van der Waals surface area contributed by atoms with Crippen LogP contribution < -0.4 is 11.1 Å². The number of hydrogen-bond donors (Lipinski definition) is 2. The van der Waals surface area contributed by atoms with Crippen molar-refractivity contribution in [1.82, 2.24) is 19.9 Å². The molecule has 0 saturated heterocycles. The van der Waals surface area contributed by atoms with E-state index in [9.17, 15) is 4.79 Å². The van der Waals surface area contributed by atoms with Crippen molar-refractivity contribution < 1.29 is 4.79 Å². The van der Waals surface area contributed by atoms with Gasteiger partial charge in [-0.2, -0.15) is 5.10 Å². The molecule has 1 aliphatic rings. The molecule has 1 amide bonds. The molecule has 1 atom stereocenters. The number of carbonyl (C=O) groups is 1. The van der Waals surface area contributed by atoms with E-state index in [1.807, 2.05) is 42.6 Å². The zero-order valence-corrected chi connectivity index (χ0v) is 16.6. The van der Waals surface area contributed by atoms with Crippen LogP contribution in [0.4, 0.5) is 0 Å². The van der Waals surface area contributed by atoms with Crippen LogP contribution in [0.15, 0.2) is 24.3 Å². The van der Waals surface area contributed by atoms with Crippen LogP contribution in [0, 0.1) is 19.8 Å². The zero-order chi connectivity index (χ0) is 18.3. The molecule has 2 aromatic heterocycles. The molecule has 3 aromatic rings. The molecule has 1 saturated carbocycles. The molecule has 0 bridgehead atoms. The molecule has 3 N–H and O–H groups in total. The predicted molar refractivity (Wildman–Crippen MR) is 109 cm³/mol. The van der Waals surface area contributed by atoms with Crippen LogP contribution in [0.25, 0.3) is 16.6 Å². The quantitative estimate of drug-likeness (QED) is 0.681. The molecular weight excluding hydrogens is 362 g/mol. The first-order valence-corrected chi connectivity index (χ1v) is 9.30. The van der Waals surface area contributed by atoms with Crippen LogP contribution in [-0.2, 0) is 11.2 Å². The third kappa shape index (κ3) is 3.92. The Kier molecular flexibility index (Phi) is 5.67. The molecule has 6 nitrogen and oxygen atoms in total. The standard InChI is InChI=1S/C20H25N5O.ClH/c1-12-15(9-10-19(26)22-11-17(21)14-7-8-14)13(2)25-20(23-12)16-5-3-4-6-18(16)24-25;/h3-6,14,17H,7-11,21H2,1-2H3,(H,22,26);1H. The molecule has 27 heavy (non-hydrogen) atoms. The Morgan fingerprint density at radius 2 is 2.07 bits per heavy atom. The van der Waals surface area contributed by atoms with Crippen molar-refractivity contribution in [1.29, 1.82) is 0 Å². The van der Waals surface area contributed by atoms with Crippen LogP contribution in [-0.4, -0.2) is 33.1 Å². The van der Waals surface area contributed by atoms with Crippen molar-refractivity contribution in [2.24, 2.45) is 11.7 Å². The summed E-state index contributed by atoms with van der Waals surface area (Å²) < 4.78 is 1.90. The van der Waals surface area contributed by atoms with Gasteiger partial charge >= 0.3 is 0 Å². The van der Waals surface area contributed by atoms with Gasteiger partial charge in [-0.25, -0.2) is 9.50 Å². The fourth-order valence-electron chi connectivity index (χ4n) is 3.59. The Morgan fingerprint density at radius 3 is 2.81 bits per heavy atom. The van der Waals surface area contributed by atoms with Gasteiger partial charge in [0.05, 0.1) is 5.52 Å². The maximum absolute atomic E-state index is 12.2. The monoisotopic (exact) mass is 387 g/mol. The highest BCUT2D eigenvalue weighted by Gasteiger charge is 2.28. The predicted octanol–water partition coefficient (Wildman–Crippen LogP) is 2.71. The Bertz CT molecular complexity index is 979. The normalized spacial score (nSPS) is 14.9. The smallest absolute Gasteiger partial charge is 0.220 e. The molecular formula is C20H26ClN5O. The summed E-state index contributed by atoms with van der Waals surface area (Å²) in [6.45, 7) is 4.62. The molecule has 2 heterocycles. The van der Waals surface area contributed by atoms with Crippen LogP contribution in [0.3, 0.4) is 0 Å². The number of carbonyl (C=O) groups excluding carboxylic acids is 1. The van der Waals surface area contributed by atoms with Crippen LogP contribution in [0.2, 0.25) is 0 Å². The molecule has 1 aromatic carbocycles. The van der Waals surface area contributed by atoms with Gasteiger partial charge in [-0.1, -0.05) is 12.1 Å². The van der Waals surface area contributed by atoms with Gasteiger partial charge in [0.1, 0.15) is 0 Å². The van der Waals surface area contributed by atoms with Crippen molar-refractivity contribution in [2.75, 3.05) is 6.54 Å². The van der Waals surface area contributed by atoms with Crippen LogP contribution >= 0.6 is 12.4 Å². The number of aromatic nitrogens is 3. The first kappa shape index (κ1) is 19.6. The van der Waals surface area contributed by atoms with Crippen molar-refractivity contribution in [3.63, 3.8) is 0 Å². The minimum Gasteiger partial charge on any atom is -0.355 e. The number of nitrogens with two attached hydrogens (primary N) is 1. The summed E-state index contributed by atoms with van der Waals surface area (Å²) in [6, 6.07) is 8.11. The van der Waals surface area contributed by atoms with Crippen molar-refractivity contribution in [3.8, 4) is 0 Å². The summed E-state index contributed by atoms with van der Waals surface area (Å²) in [7, 11) is 0. The summed E-state index contributed by atoms with van der Waals surface area (Å²) in [5, 5.41) is 8.68. The number of benzene rings is 1. The van der Waals surface area contributed by atoms with E-state index in [0.29, 0.717) is 25.3 Å². The minimum absolute atomic E-state index is 0. The molecule has 4 rings (SSSR count). The summed E-state index contributed by atoms with van der Waals surface area (Å²) in [6.07, 6.45) is 3.48. The molecule has 0 radical (unpaired) electrons. The van der Waals surface area contributed by atoms with Crippen LogP contribution in [0.5, 0.6) is 0 Å². The lowest BCUT2D eigenvalue weighted by molar-refractivity contribution is -0.121. The average Bonchev–Trinajstić information content (AvgIpc) is 3.42. The Hall–Kier alpha value is -2.18. The third-order valence-corrected chi connectivity index (χ3v) is 5.38. The Labute approximate surface area is 164 Å². The highest BCUT2D eigenvalue weighted by Crippen LogP contribution is 2.31. The molecule has 1 fully saturated rings. The summed E-state index contributed by atoms with van der Waals surface area (Å²) in [5.74, 6) is 0.644. The first-order valence-electron chi connectivity index (χ1n) is 9.30. The topological polar surface area (TPSA) is 85.3 Å². The van der Waals surface area contributed by atoms with Gasteiger partial charge < -0.3 is 11.1 Å². The minimum atomic E-state index is 0.